The number of phenols is 1. The second kappa shape index (κ2) is 7.77. The number of ether oxygens (including phenoxy) is 1. The van der Waals surface area contributed by atoms with E-state index in [9.17, 15) is 5.11 Å². The number of hydrogen-bond donors (Lipinski definition) is 1. The van der Waals surface area contributed by atoms with E-state index >= 15 is 0 Å². The molecule has 0 saturated heterocycles. The number of aryl methyl sites for hydroxylation is 1. The van der Waals surface area contributed by atoms with Gasteiger partial charge in [-0.2, -0.15) is 0 Å². The zero-order valence-corrected chi connectivity index (χ0v) is 14.5. The van der Waals surface area contributed by atoms with Crippen molar-refractivity contribution in [2.45, 2.75) is 20.8 Å². The van der Waals surface area contributed by atoms with Crippen LogP contribution in [0.4, 0.5) is 0 Å². The maximum atomic E-state index is 9.81. The van der Waals surface area contributed by atoms with Gasteiger partial charge in [0.2, 0.25) is 0 Å². The molecule has 0 aliphatic heterocycles. The number of hydrogen-bond acceptors (Lipinski definition) is 2. The molecule has 0 fully saturated rings. The first kappa shape index (κ1) is 17.2. The number of halogens is 3. The first-order valence-corrected chi connectivity index (χ1v) is 7.64. The summed E-state index contributed by atoms with van der Waals surface area (Å²) in [5, 5.41) is 10.7. The summed E-state index contributed by atoms with van der Waals surface area (Å²) in [5.74, 6) is 0.825. The molecule has 0 heterocycles. The molecule has 2 nitrogen and oxygen atoms in total. The smallest absolute Gasteiger partial charge is 0.170 e. The van der Waals surface area contributed by atoms with E-state index in [2.05, 4.69) is 15.9 Å². The Hall–Kier alpha value is -0.900. The molecule has 0 aromatic heterocycles. The van der Waals surface area contributed by atoms with Crippen molar-refractivity contribution in [1.82, 2.24) is 0 Å². The maximum Gasteiger partial charge on any atom is 0.170 e. The van der Waals surface area contributed by atoms with E-state index in [0.29, 0.717) is 21.5 Å². The lowest BCUT2D eigenvalue weighted by atomic mass is 10.2. The van der Waals surface area contributed by atoms with Gasteiger partial charge in [-0.25, -0.2) is 0 Å². The van der Waals surface area contributed by atoms with E-state index in [4.69, 9.17) is 27.9 Å². The van der Waals surface area contributed by atoms with Gasteiger partial charge in [0.1, 0.15) is 5.75 Å². The summed E-state index contributed by atoms with van der Waals surface area (Å²) in [5.41, 5.74) is 0.919. The Morgan fingerprint density at radius 1 is 1.05 bits per heavy atom. The zero-order valence-electron chi connectivity index (χ0n) is 11.4. The fourth-order valence-electron chi connectivity index (χ4n) is 1.41. The molecule has 0 bridgehead atoms. The molecule has 2 aromatic carbocycles. The second-order valence-electron chi connectivity index (χ2n) is 3.75. The second-order valence-corrected chi connectivity index (χ2v) is 5.44. The average molecular weight is 378 g/mol. The number of rotatable bonds is 2. The van der Waals surface area contributed by atoms with E-state index < -0.39 is 0 Å². The minimum absolute atomic E-state index is 0.0571. The summed E-state index contributed by atoms with van der Waals surface area (Å²) in [6.07, 6.45) is 0. The molecule has 1 N–H and O–H groups in total. The Balaban J connectivity index is 0.000000956. The molecule has 108 valence electrons. The predicted octanol–water partition coefficient (Wildman–Crippen LogP) is 6.59. The summed E-state index contributed by atoms with van der Waals surface area (Å²) in [7, 11) is 0. The maximum absolute atomic E-state index is 9.81. The third kappa shape index (κ3) is 4.30. The molecular weight excluding hydrogens is 363 g/mol. The molecule has 2 rings (SSSR count). The highest BCUT2D eigenvalue weighted by Gasteiger charge is 2.10. The Morgan fingerprint density at radius 3 is 2.30 bits per heavy atom. The third-order valence-corrected chi connectivity index (χ3v) is 3.74. The third-order valence-electron chi connectivity index (χ3n) is 2.35. The first-order chi connectivity index (χ1) is 9.47. The quantitative estimate of drug-likeness (QED) is 0.639. The Bertz CT molecular complexity index is 601. The fourth-order valence-corrected chi connectivity index (χ4v) is 2.18. The molecule has 0 amide bonds. The molecule has 0 radical (unpaired) electrons. The van der Waals surface area contributed by atoms with Gasteiger partial charge in [-0.3, -0.25) is 0 Å². The van der Waals surface area contributed by atoms with Crippen LogP contribution in [-0.4, -0.2) is 5.11 Å². The number of aromatic hydroxyl groups is 1. The van der Waals surface area contributed by atoms with Crippen LogP contribution < -0.4 is 4.74 Å². The molecule has 0 aliphatic rings. The molecule has 2 aromatic rings. The van der Waals surface area contributed by atoms with Crippen LogP contribution >= 0.6 is 39.1 Å². The summed E-state index contributed by atoms with van der Waals surface area (Å²) in [4.78, 5) is 0. The van der Waals surface area contributed by atoms with Crippen molar-refractivity contribution in [3.8, 4) is 17.2 Å². The van der Waals surface area contributed by atoms with Crippen LogP contribution in [0.15, 0.2) is 34.8 Å². The lowest BCUT2D eigenvalue weighted by Crippen LogP contribution is -1.87. The standard InChI is InChI=1S/C13H9BrCl2O2.C2H6/c1-7-4-11(17)13(6-9(7)14)18-12-3-2-8(15)5-10(12)16;1-2/h2-6,17H,1H3;1-2H3. The highest BCUT2D eigenvalue weighted by molar-refractivity contribution is 9.10. The van der Waals surface area contributed by atoms with Crippen LogP contribution in [0.1, 0.15) is 19.4 Å². The van der Waals surface area contributed by atoms with Crippen molar-refractivity contribution >= 4 is 39.1 Å². The van der Waals surface area contributed by atoms with Gasteiger partial charge in [0.15, 0.2) is 11.5 Å². The first-order valence-electron chi connectivity index (χ1n) is 6.09. The minimum Gasteiger partial charge on any atom is -0.504 e. The van der Waals surface area contributed by atoms with Crippen LogP contribution in [0, 0.1) is 6.92 Å². The highest BCUT2D eigenvalue weighted by Crippen LogP contribution is 2.38. The van der Waals surface area contributed by atoms with Gasteiger partial charge in [-0.05, 0) is 42.8 Å². The molecule has 0 spiro atoms. The fraction of sp³-hybridized carbons (Fsp3) is 0.200. The topological polar surface area (TPSA) is 29.5 Å². The largest absolute Gasteiger partial charge is 0.504 e. The number of phenolic OH excluding ortho intramolecular Hbond substituents is 1. The van der Waals surface area contributed by atoms with Crippen LogP contribution in [0.5, 0.6) is 17.2 Å². The van der Waals surface area contributed by atoms with Gasteiger partial charge in [0.25, 0.3) is 0 Å². The van der Waals surface area contributed by atoms with E-state index in [1.807, 2.05) is 20.8 Å². The predicted molar refractivity (Wildman–Crippen MR) is 88.4 cm³/mol. The van der Waals surface area contributed by atoms with Crippen molar-refractivity contribution in [1.29, 1.82) is 0 Å². The summed E-state index contributed by atoms with van der Waals surface area (Å²) in [6, 6.07) is 8.21. The van der Waals surface area contributed by atoms with Crippen LogP contribution in [0.2, 0.25) is 10.0 Å². The minimum atomic E-state index is 0.0571. The summed E-state index contributed by atoms with van der Waals surface area (Å²) in [6.45, 7) is 5.88. The molecular formula is C15H15BrCl2O2. The lowest BCUT2D eigenvalue weighted by Gasteiger charge is -2.11. The summed E-state index contributed by atoms with van der Waals surface area (Å²) >= 11 is 15.2. The van der Waals surface area contributed by atoms with Crippen molar-refractivity contribution < 1.29 is 9.84 Å². The molecule has 0 unspecified atom stereocenters. The van der Waals surface area contributed by atoms with Crippen molar-refractivity contribution in [3.63, 3.8) is 0 Å². The summed E-state index contributed by atoms with van der Waals surface area (Å²) < 4.78 is 6.41. The Morgan fingerprint density at radius 2 is 1.70 bits per heavy atom. The van der Waals surface area contributed by atoms with E-state index in [-0.39, 0.29) is 5.75 Å². The highest BCUT2D eigenvalue weighted by atomic mass is 79.9. The average Bonchev–Trinajstić information content (AvgIpc) is 2.41. The zero-order chi connectivity index (χ0) is 15.3. The van der Waals surface area contributed by atoms with E-state index in [0.717, 1.165) is 10.0 Å². The van der Waals surface area contributed by atoms with Crippen LogP contribution in [-0.2, 0) is 0 Å². The lowest BCUT2D eigenvalue weighted by molar-refractivity contribution is 0.410. The van der Waals surface area contributed by atoms with E-state index in [1.54, 1.807) is 30.3 Å². The SMILES string of the molecule is CC.Cc1cc(O)c(Oc2ccc(Cl)cc2Cl)cc1Br. The van der Waals surface area contributed by atoms with Gasteiger partial charge in [-0.1, -0.05) is 53.0 Å². The normalized spacial score (nSPS) is 9.70. The monoisotopic (exact) mass is 376 g/mol. The van der Waals surface area contributed by atoms with Gasteiger partial charge < -0.3 is 9.84 Å². The van der Waals surface area contributed by atoms with Gasteiger partial charge in [0.05, 0.1) is 5.02 Å². The van der Waals surface area contributed by atoms with Crippen LogP contribution in [0.3, 0.4) is 0 Å². The van der Waals surface area contributed by atoms with E-state index in [1.165, 1.54) is 0 Å². The molecule has 0 saturated carbocycles. The molecule has 0 atom stereocenters. The molecule has 5 heteroatoms. The molecule has 20 heavy (non-hydrogen) atoms. The van der Waals surface area contributed by atoms with Gasteiger partial charge in [0, 0.05) is 9.50 Å². The van der Waals surface area contributed by atoms with Gasteiger partial charge in [-0.15, -0.1) is 0 Å². The Kier molecular flexibility index (Phi) is 6.66. The van der Waals surface area contributed by atoms with Crippen LogP contribution in [0.25, 0.3) is 0 Å². The Labute approximate surface area is 137 Å². The van der Waals surface area contributed by atoms with Crippen molar-refractivity contribution in [3.05, 3.63) is 50.4 Å². The van der Waals surface area contributed by atoms with Gasteiger partial charge >= 0.3 is 0 Å². The number of benzene rings is 2. The van der Waals surface area contributed by atoms with Crippen molar-refractivity contribution in [2.24, 2.45) is 0 Å². The molecule has 0 aliphatic carbocycles. The van der Waals surface area contributed by atoms with Crippen molar-refractivity contribution in [2.75, 3.05) is 0 Å².